The van der Waals surface area contributed by atoms with Gasteiger partial charge in [0, 0.05) is 5.69 Å². The third kappa shape index (κ3) is 2.21. The van der Waals surface area contributed by atoms with E-state index in [1.807, 2.05) is 35.6 Å². The molecule has 2 aromatic carbocycles. The normalized spacial score (nSPS) is 11.3. The van der Waals surface area contributed by atoms with Crippen molar-refractivity contribution >= 4 is 28.2 Å². The molecule has 0 aliphatic carbocycles. The number of hydrogen-bond donors (Lipinski definition) is 1. The topological polar surface area (TPSA) is 55.1 Å². The predicted octanol–water partition coefficient (Wildman–Crippen LogP) is 3.95. The van der Waals surface area contributed by atoms with Gasteiger partial charge >= 0.3 is 0 Å². The lowest BCUT2D eigenvalue weighted by molar-refractivity contribution is 1.02. The van der Waals surface area contributed by atoms with E-state index < -0.39 is 0 Å². The Labute approximate surface area is 134 Å². The zero-order valence-corrected chi connectivity index (χ0v) is 13.3. The summed E-state index contributed by atoms with van der Waals surface area (Å²) in [7, 11) is 0. The van der Waals surface area contributed by atoms with Crippen LogP contribution in [-0.4, -0.2) is 19.6 Å². The van der Waals surface area contributed by atoms with Gasteiger partial charge in [0.2, 0.25) is 5.65 Å². The Bertz CT molecular complexity index is 1030. The molecule has 0 aliphatic heterocycles. The molecule has 0 spiro atoms. The number of fused-ring (bicyclic) bond motifs is 3. The number of aromatic nitrogens is 4. The van der Waals surface area contributed by atoms with E-state index in [9.17, 15) is 0 Å². The van der Waals surface area contributed by atoms with Crippen LogP contribution < -0.4 is 5.32 Å². The van der Waals surface area contributed by atoms with Crippen molar-refractivity contribution in [1.29, 1.82) is 0 Å². The van der Waals surface area contributed by atoms with Crippen LogP contribution in [0, 0.1) is 20.8 Å². The second-order valence-electron chi connectivity index (χ2n) is 5.80. The van der Waals surface area contributed by atoms with Gasteiger partial charge in [0.25, 0.3) is 0 Å². The monoisotopic (exact) mass is 303 g/mol. The van der Waals surface area contributed by atoms with E-state index in [-0.39, 0.29) is 0 Å². The van der Waals surface area contributed by atoms with Crippen LogP contribution >= 0.6 is 0 Å². The molecule has 23 heavy (non-hydrogen) atoms. The Morgan fingerprint density at radius 1 is 0.957 bits per heavy atom. The first-order valence-corrected chi connectivity index (χ1v) is 7.58. The van der Waals surface area contributed by atoms with Gasteiger partial charge in [-0.25, -0.2) is 4.98 Å². The molecule has 0 saturated heterocycles. The summed E-state index contributed by atoms with van der Waals surface area (Å²) >= 11 is 0. The highest BCUT2D eigenvalue weighted by molar-refractivity contribution is 5.84. The van der Waals surface area contributed by atoms with Crippen LogP contribution in [0.3, 0.4) is 0 Å². The van der Waals surface area contributed by atoms with Crippen molar-refractivity contribution in [3.63, 3.8) is 0 Å². The maximum atomic E-state index is 4.74. The van der Waals surface area contributed by atoms with Crippen molar-refractivity contribution < 1.29 is 0 Å². The minimum atomic E-state index is 0.719. The highest BCUT2D eigenvalue weighted by Crippen LogP contribution is 2.26. The summed E-state index contributed by atoms with van der Waals surface area (Å²) in [6, 6.07) is 14.3. The van der Waals surface area contributed by atoms with E-state index >= 15 is 0 Å². The molecule has 0 amide bonds. The molecule has 0 radical (unpaired) electrons. The Hall–Kier alpha value is -2.95. The second kappa shape index (κ2) is 5.05. The van der Waals surface area contributed by atoms with Gasteiger partial charge in [0.1, 0.15) is 5.82 Å². The molecule has 2 aromatic heterocycles. The summed E-state index contributed by atoms with van der Waals surface area (Å²) in [5, 5.41) is 11.9. The second-order valence-corrected chi connectivity index (χ2v) is 5.80. The van der Waals surface area contributed by atoms with E-state index in [1.54, 1.807) is 0 Å². The van der Waals surface area contributed by atoms with Crippen LogP contribution in [0.25, 0.3) is 16.7 Å². The molecule has 4 aromatic rings. The molecule has 5 heteroatoms. The zero-order valence-electron chi connectivity index (χ0n) is 13.3. The average Bonchev–Trinajstić information content (AvgIpc) is 2.93. The van der Waals surface area contributed by atoms with Crippen molar-refractivity contribution in [3.05, 3.63) is 59.4 Å². The van der Waals surface area contributed by atoms with Crippen LogP contribution in [0.5, 0.6) is 0 Å². The molecule has 0 atom stereocenters. The fraction of sp³-hybridized carbons (Fsp3) is 0.167. The first-order chi connectivity index (χ1) is 11.1. The lowest BCUT2D eigenvalue weighted by Crippen LogP contribution is -2.02. The minimum absolute atomic E-state index is 0.719. The first-order valence-electron chi connectivity index (χ1n) is 7.58. The number of nitrogens with zero attached hydrogens (tertiary/aromatic N) is 4. The van der Waals surface area contributed by atoms with Gasteiger partial charge in [0.15, 0.2) is 5.82 Å². The Balaban J connectivity index is 1.95. The predicted molar refractivity (Wildman–Crippen MR) is 92.2 cm³/mol. The van der Waals surface area contributed by atoms with Crippen molar-refractivity contribution in [3.8, 4) is 0 Å². The number of para-hydroxylation sites is 2. The molecule has 1 N–H and O–H groups in total. The SMILES string of the molecule is Cc1ccc(Nc2nc3ccccc3n3c(C)nnc23)c(C)c1. The van der Waals surface area contributed by atoms with Gasteiger partial charge in [-0.1, -0.05) is 29.8 Å². The van der Waals surface area contributed by atoms with E-state index in [2.05, 4.69) is 47.6 Å². The zero-order chi connectivity index (χ0) is 16.0. The summed E-state index contributed by atoms with van der Waals surface area (Å²) in [4.78, 5) is 4.74. The summed E-state index contributed by atoms with van der Waals surface area (Å²) in [6.45, 7) is 6.13. The van der Waals surface area contributed by atoms with Gasteiger partial charge in [-0.05, 0) is 44.5 Å². The van der Waals surface area contributed by atoms with Crippen LogP contribution in [-0.2, 0) is 0 Å². The molecule has 0 unspecified atom stereocenters. The molecule has 2 heterocycles. The molecule has 0 bridgehead atoms. The third-order valence-corrected chi connectivity index (χ3v) is 4.03. The fourth-order valence-corrected chi connectivity index (χ4v) is 2.89. The van der Waals surface area contributed by atoms with Crippen molar-refractivity contribution in [2.24, 2.45) is 0 Å². The Morgan fingerprint density at radius 2 is 1.78 bits per heavy atom. The van der Waals surface area contributed by atoms with Gasteiger partial charge in [-0.15, -0.1) is 10.2 Å². The lowest BCUT2D eigenvalue weighted by atomic mass is 10.1. The molecular formula is C18H17N5. The van der Waals surface area contributed by atoms with Gasteiger partial charge in [-0.3, -0.25) is 4.40 Å². The van der Waals surface area contributed by atoms with Crippen molar-refractivity contribution in [2.45, 2.75) is 20.8 Å². The fourth-order valence-electron chi connectivity index (χ4n) is 2.89. The number of aryl methyl sites for hydroxylation is 3. The maximum Gasteiger partial charge on any atom is 0.204 e. The minimum Gasteiger partial charge on any atom is -0.337 e. The largest absolute Gasteiger partial charge is 0.337 e. The van der Waals surface area contributed by atoms with E-state index in [0.717, 1.165) is 34.0 Å². The quantitative estimate of drug-likeness (QED) is 0.609. The number of hydrogen-bond acceptors (Lipinski definition) is 4. The van der Waals surface area contributed by atoms with Crippen LogP contribution in [0.1, 0.15) is 17.0 Å². The molecule has 114 valence electrons. The summed E-state index contributed by atoms with van der Waals surface area (Å²) in [5.41, 5.74) is 6.10. The van der Waals surface area contributed by atoms with E-state index in [4.69, 9.17) is 4.98 Å². The molecule has 5 nitrogen and oxygen atoms in total. The Kier molecular flexibility index (Phi) is 3.01. The van der Waals surface area contributed by atoms with Crippen molar-refractivity contribution in [1.82, 2.24) is 19.6 Å². The standard InChI is InChI=1S/C18H17N5/c1-11-8-9-14(12(2)10-11)19-17-18-22-21-13(3)23(18)16-7-5-4-6-15(16)20-17/h4-10H,1-3H3,(H,19,20). The van der Waals surface area contributed by atoms with Crippen LogP contribution in [0.2, 0.25) is 0 Å². The van der Waals surface area contributed by atoms with Crippen LogP contribution in [0.4, 0.5) is 11.5 Å². The highest BCUT2D eigenvalue weighted by Gasteiger charge is 2.13. The van der Waals surface area contributed by atoms with Crippen LogP contribution in [0.15, 0.2) is 42.5 Å². The highest BCUT2D eigenvalue weighted by atomic mass is 15.3. The van der Waals surface area contributed by atoms with E-state index in [1.165, 1.54) is 11.1 Å². The average molecular weight is 303 g/mol. The third-order valence-electron chi connectivity index (χ3n) is 4.03. The van der Waals surface area contributed by atoms with Gasteiger partial charge < -0.3 is 5.32 Å². The number of anilines is 2. The Morgan fingerprint density at radius 3 is 2.61 bits per heavy atom. The smallest absolute Gasteiger partial charge is 0.204 e. The van der Waals surface area contributed by atoms with Crippen molar-refractivity contribution in [2.75, 3.05) is 5.32 Å². The molecule has 0 saturated carbocycles. The lowest BCUT2D eigenvalue weighted by Gasteiger charge is -2.12. The van der Waals surface area contributed by atoms with Gasteiger partial charge in [-0.2, -0.15) is 0 Å². The number of benzene rings is 2. The first kappa shape index (κ1) is 13.7. The number of rotatable bonds is 2. The summed E-state index contributed by atoms with van der Waals surface area (Å²) in [6.07, 6.45) is 0. The summed E-state index contributed by atoms with van der Waals surface area (Å²) in [5.74, 6) is 1.57. The molecule has 4 rings (SSSR count). The number of nitrogens with one attached hydrogen (secondary N) is 1. The molecule has 0 fully saturated rings. The van der Waals surface area contributed by atoms with Gasteiger partial charge in [0.05, 0.1) is 11.0 Å². The van der Waals surface area contributed by atoms with E-state index in [0.29, 0.717) is 0 Å². The molecule has 0 aliphatic rings. The molecular weight excluding hydrogens is 286 g/mol. The summed E-state index contributed by atoms with van der Waals surface area (Å²) < 4.78 is 2.04. The maximum absolute atomic E-state index is 4.74.